The molecule has 1 aliphatic heterocycles. The largest absolute Gasteiger partial charge is 0.411 e. The number of thiazole rings is 1. The maximum absolute atomic E-state index is 12.1. The lowest BCUT2D eigenvalue weighted by molar-refractivity contribution is -0.174. The third-order valence-corrected chi connectivity index (χ3v) is 5.12. The predicted octanol–water partition coefficient (Wildman–Crippen LogP) is 2.29. The lowest BCUT2D eigenvalue weighted by Crippen LogP contribution is -2.48. The van der Waals surface area contributed by atoms with Gasteiger partial charge in [-0.15, -0.1) is 11.3 Å². The third-order valence-electron chi connectivity index (χ3n) is 4.14. The normalized spacial score (nSPS) is 16.8. The molecule has 2 heterocycles. The highest BCUT2D eigenvalue weighted by Gasteiger charge is 2.27. The second-order valence-electron chi connectivity index (χ2n) is 6.35. The molecule has 10 heteroatoms. The van der Waals surface area contributed by atoms with E-state index in [1.807, 2.05) is 13.8 Å². The molecular weight excluding hydrogens is 369 g/mol. The lowest BCUT2D eigenvalue weighted by atomic mass is 10.3. The van der Waals surface area contributed by atoms with Gasteiger partial charge in [-0.2, -0.15) is 13.2 Å². The number of piperazine rings is 1. The van der Waals surface area contributed by atoms with Gasteiger partial charge in [-0.05, 0) is 20.3 Å². The van der Waals surface area contributed by atoms with Crippen molar-refractivity contribution in [1.82, 2.24) is 14.8 Å². The van der Waals surface area contributed by atoms with Crippen molar-refractivity contribution in [2.24, 2.45) is 0 Å². The van der Waals surface area contributed by atoms with Crippen molar-refractivity contribution >= 4 is 22.4 Å². The Kier molecular flexibility index (Phi) is 7.81. The van der Waals surface area contributed by atoms with Gasteiger partial charge in [-0.25, -0.2) is 4.98 Å². The van der Waals surface area contributed by atoms with Crippen LogP contribution in [0.5, 0.6) is 0 Å². The molecule has 1 aromatic rings. The number of hydrogen-bond donors (Lipinski definition) is 1. The molecule has 26 heavy (non-hydrogen) atoms. The van der Waals surface area contributed by atoms with Gasteiger partial charge in [-0.1, -0.05) is 0 Å². The number of carbonyl (C=O) groups is 1. The molecule has 0 atom stereocenters. The van der Waals surface area contributed by atoms with E-state index in [-0.39, 0.29) is 12.5 Å². The molecule has 0 aliphatic carbocycles. The maximum atomic E-state index is 12.1. The summed E-state index contributed by atoms with van der Waals surface area (Å²) in [5.41, 5.74) is 0.929. The van der Waals surface area contributed by atoms with Crippen LogP contribution in [0.2, 0.25) is 0 Å². The fraction of sp³-hybridized carbons (Fsp3) is 0.750. The summed E-state index contributed by atoms with van der Waals surface area (Å²) in [6.07, 6.45) is -3.69. The Morgan fingerprint density at radius 2 is 1.88 bits per heavy atom. The van der Waals surface area contributed by atoms with Gasteiger partial charge in [-0.3, -0.25) is 9.69 Å². The monoisotopic (exact) mass is 394 g/mol. The molecule has 2 rings (SSSR count). The number of nitrogens with one attached hydrogen (secondary N) is 1. The molecule has 1 N–H and O–H groups in total. The van der Waals surface area contributed by atoms with Crippen LogP contribution in [-0.2, 0) is 9.53 Å². The van der Waals surface area contributed by atoms with Crippen LogP contribution in [-0.4, -0.2) is 79.3 Å². The van der Waals surface area contributed by atoms with Crippen molar-refractivity contribution in [1.29, 1.82) is 0 Å². The first kappa shape index (κ1) is 21.1. The smallest absolute Gasteiger partial charge is 0.372 e. The fourth-order valence-corrected chi connectivity index (χ4v) is 3.47. The average molecular weight is 394 g/mol. The fourth-order valence-electron chi connectivity index (χ4n) is 2.64. The average Bonchev–Trinajstić information content (AvgIpc) is 2.85. The van der Waals surface area contributed by atoms with Gasteiger partial charge in [0.2, 0.25) is 5.91 Å². The number of ether oxygens (including phenoxy) is 1. The van der Waals surface area contributed by atoms with Crippen molar-refractivity contribution in [3.8, 4) is 0 Å². The quantitative estimate of drug-likeness (QED) is 0.686. The van der Waals surface area contributed by atoms with Gasteiger partial charge in [0.1, 0.15) is 6.61 Å². The van der Waals surface area contributed by atoms with Gasteiger partial charge in [0.15, 0.2) is 5.13 Å². The van der Waals surface area contributed by atoms with Gasteiger partial charge in [0.25, 0.3) is 0 Å². The van der Waals surface area contributed by atoms with Crippen molar-refractivity contribution in [3.63, 3.8) is 0 Å². The van der Waals surface area contributed by atoms with Crippen LogP contribution in [0.4, 0.5) is 18.3 Å². The number of aromatic nitrogens is 1. The third kappa shape index (κ3) is 7.56. The molecule has 0 bridgehead atoms. The minimum atomic E-state index is -4.26. The van der Waals surface area contributed by atoms with Crippen LogP contribution in [0.25, 0.3) is 0 Å². The van der Waals surface area contributed by atoms with E-state index in [1.165, 1.54) is 11.3 Å². The Hall–Kier alpha value is -1.23. The van der Waals surface area contributed by atoms with E-state index < -0.39 is 12.8 Å². The van der Waals surface area contributed by atoms with Crippen molar-refractivity contribution in [2.75, 3.05) is 57.8 Å². The first-order valence-corrected chi connectivity index (χ1v) is 9.37. The molecule has 1 aliphatic rings. The van der Waals surface area contributed by atoms with E-state index in [0.717, 1.165) is 36.8 Å². The molecule has 148 valence electrons. The number of amides is 1. The van der Waals surface area contributed by atoms with Crippen LogP contribution >= 0.6 is 11.3 Å². The highest BCUT2D eigenvalue weighted by atomic mass is 32.1. The number of carbonyl (C=O) groups excluding carboxylic acids is 1. The maximum Gasteiger partial charge on any atom is 0.411 e. The summed E-state index contributed by atoms with van der Waals surface area (Å²) in [4.78, 5) is 21.7. The van der Waals surface area contributed by atoms with E-state index in [4.69, 9.17) is 0 Å². The Labute approximate surface area is 155 Å². The number of hydrogen-bond acceptors (Lipinski definition) is 6. The van der Waals surface area contributed by atoms with Gasteiger partial charge in [0, 0.05) is 44.2 Å². The van der Waals surface area contributed by atoms with E-state index in [2.05, 4.69) is 24.8 Å². The topological polar surface area (TPSA) is 57.7 Å². The number of alkyl halides is 3. The van der Waals surface area contributed by atoms with Gasteiger partial charge < -0.3 is 15.0 Å². The van der Waals surface area contributed by atoms with Gasteiger partial charge in [0.05, 0.1) is 12.2 Å². The molecule has 1 fully saturated rings. The second kappa shape index (κ2) is 9.63. The number of nitrogens with zero attached hydrogens (tertiary/aromatic N) is 3. The van der Waals surface area contributed by atoms with Crippen molar-refractivity contribution in [3.05, 3.63) is 10.6 Å². The summed E-state index contributed by atoms with van der Waals surface area (Å²) in [5, 5.41) is 3.45. The Morgan fingerprint density at radius 1 is 1.23 bits per heavy atom. The predicted molar refractivity (Wildman–Crippen MR) is 94.6 cm³/mol. The van der Waals surface area contributed by atoms with E-state index >= 15 is 0 Å². The molecule has 0 unspecified atom stereocenters. The van der Waals surface area contributed by atoms with E-state index in [1.54, 1.807) is 0 Å². The summed E-state index contributed by atoms with van der Waals surface area (Å²) < 4.78 is 40.5. The summed E-state index contributed by atoms with van der Waals surface area (Å²) in [6, 6.07) is 0. The zero-order valence-corrected chi connectivity index (χ0v) is 15.9. The zero-order chi connectivity index (χ0) is 19.2. The molecular formula is C16H25F3N4O2S. The number of halogens is 3. The molecule has 1 amide bonds. The van der Waals surface area contributed by atoms with Crippen LogP contribution < -0.4 is 5.32 Å². The SMILES string of the molecule is Cc1nc(NC(=O)CN2CCN(CCCOCC(F)(F)F)CC2)sc1C. The minimum Gasteiger partial charge on any atom is -0.372 e. The van der Waals surface area contributed by atoms with E-state index in [9.17, 15) is 18.0 Å². The van der Waals surface area contributed by atoms with Crippen molar-refractivity contribution in [2.45, 2.75) is 26.4 Å². The standard InChI is InChI=1S/C16H25F3N4O2S/c1-12-13(2)26-15(20-12)21-14(24)10-23-7-5-22(6-8-23)4-3-9-25-11-16(17,18)19/h3-11H2,1-2H3,(H,20,21,24). The summed E-state index contributed by atoms with van der Waals surface area (Å²) in [7, 11) is 0. The van der Waals surface area contributed by atoms with Crippen LogP contribution in [0.15, 0.2) is 0 Å². The van der Waals surface area contributed by atoms with Crippen LogP contribution in [0.1, 0.15) is 17.0 Å². The first-order chi connectivity index (χ1) is 12.2. The number of anilines is 1. The molecule has 0 saturated carbocycles. The number of aryl methyl sites for hydroxylation is 2. The highest BCUT2D eigenvalue weighted by molar-refractivity contribution is 7.15. The number of rotatable bonds is 8. The first-order valence-electron chi connectivity index (χ1n) is 8.56. The van der Waals surface area contributed by atoms with Crippen LogP contribution in [0.3, 0.4) is 0 Å². The molecule has 6 nitrogen and oxygen atoms in total. The Bertz CT molecular complexity index is 567. The van der Waals surface area contributed by atoms with Gasteiger partial charge >= 0.3 is 6.18 Å². The Morgan fingerprint density at radius 3 is 2.46 bits per heavy atom. The Balaban J connectivity index is 1.58. The minimum absolute atomic E-state index is 0.0762. The summed E-state index contributed by atoms with van der Waals surface area (Å²) in [6.45, 7) is 6.92. The zero-order valence-electron chi connectivity index (χ0n) is 15.1. The lowest BCUT2D eigenvalue weighted by Gasteiger charge is -2.34. The second-order valence-corrected chi connectivity index (χ2v) is 7.55. The molecule has 1 saturated heterocycles. The van der Waals surface area contributed by atoms with E-state index in [0.29, 0.717) is 24.6 Å². The highest BCUT2D eigenvalue weighted by Crippen LogP contribution is 2.21. The van der Waals surface area contributed by atoms with Crippen molar-refractivity contribution < 1.29 is 22.7 Å². The summed E-state index contributed by atoms with van der Waals surface area (Å²) >= 11 is 1.47. The molecule has 1 aromatic heterocycles. The summed E-state index contributed by atoms with van der Waals surface area (Å²) in [5.74, 6) is -0.0762. The molecule has 0 spiro atoms. The van der Waals surface area contributed by atoms with Crippen LogP contribution in [0, 0.1) is 13.8 Å². The molecule has 0 radical (unpaired) electrons. The molecule has 0 aromatic carbocycles.